The van der Waals surface area contributed by atoms with E-state index in [9.17, 15) is 13.6 Å². The molecule has 1 rings (SSSR count). The molecule has 1 aromatic carbocycles. The van der Waals surface area contributed by atoms with Gasteiger partial charge in [-0.2, -0.15) is 0 Å². The maximum atomic E-state index is 13.9. The molecule has 4 heteroatoms. The summed E-state index contributed by atoms with van der Waals surface area (Å²) in [5.41, 5.74) is 0.116. The van der Waals surface area contributed by atoms with Gasteiger partial charge in [0, 0.05) is 18.4 Å². The molecule has 0 aliphatic heterocycles. The van der Waals surface area contributed by atoms with Crippen LogP contribution in [0, 0.1) is 0 Å². The number of carbonyl (C=O) groups excluding carboxylic acids is 1. The van der Waals surface area contributed by atoms with Gasteiger partial charge in [0.15, 0.2) is 0 Å². The van der Waals surface area contributed by atoms with E-state index >= 15 is 0 Å². The van der Waals surface area contributed by atoms with Crippen LogP contribution in [-0.2, 0) is 15.5 Å². The summed E-state index contributed by atoms with van der Waals surface area (Å²) >= 11 is 0. The summed E-state index contributed by atoms with van der Waals surface area (Å²) in [5, 5.41) is 0. The van der Waals surface area contributed by atoms with Crippen molar-refractivity contribution in [3.05, 3.63) is 35.9 Å². The number of hydrogen-bond acceptors (Lipinski definition) is 2. The highest BCUT2D eigenvalue weighted by Crippen LogP contribution is 2.33. The number of hydrogen-bond donors (Lipinski definition) is 0. The molecule has 0 unspecified atom stereocenters. The second-order valence-corrected chi connectivity index (χ2v) is 5.98. The first-order valence-electron chi connectivity index (χ1n) is 8.56. The van der Waals surface area contributed by atoms with Gasteiger partial charge in [-0.15, -0.1) is 0 Å². The van der Waals surface area contributed by atoms with Gasteiger partial charge < -0.3 is 4.74 Å². The Labute approximate surface area is 138 Å². The van der Waals surface area contributed by atoms with E-state index < -0.39 is 5.92 Å². The molecule has 0 aliphatic rings. The van der Waals surface area contributed by atoms with Crippen molar-refractivity contribution in [2.24, 2.45) is 0 Å². The van der Waals surface area contributed by atoms with Crippen LogP contribution in [0.1, 0.15) is 69.8 Å². The van der Waals surface area contributed by atoms with E-state index in [4.69, 9.17) is 0 Å². The highest BCUT2D eigenvalue weighted by atomic mass is 19.3. The van der Waals surface area contributed by atoms with E-state index in [1.165, 1.54) is 19.2 Å². The van der Waals surface area contributed by atoms with Crippen LogP contribution in [0.4, 0.5) is 8.78 Å². The Kier molecular flexibility index (Phi) is 9.49. The average Bonchev–Trinajstić information content (AvgIpc) is 2.57. The smallest absolute Gasteiger partial charge is 0.305 e. The normalized spacial score (nSPS) is 11.4. The zero-order chi connectivity index (χ0) is 17.0. The first-order valence-corrected chi connectivity index (χ1v) is 8.56. The molecule has 0 fully saturated rings. The standard InChI is InChI=1S/C19H28F2O2/c1-23-18(22)15-11-6-4-2-3-5-7-12-16-19(20,21)17-13-9-8-10-14-17/h8-10,13-14H,2-7,11-12,15-16H2,1H3. The second-order valence-electron chi connectivity index (χ2n) is 5.98. The molecule has 23 heavy (non-hydrogen) atoms. The maximum absolute atomic E-state index is 13.9. The summed E-state index contributed by atoms with van der Waals surface area (Å²) < 4.78 is 32.4. The monoisotopic (exact) mass is 326 g/mol. The minimum absolute atomic E-state index is 0.0733. The Bertz CT molecular complexity index is 432. The molecular weight excluding hydrogens is 298 g/mol. The van der Waals surface area contributed by atoms with Crippen molar-refractivity contribution in [3.63, 3.8) is 0 Å². The van der Waals surface area contributed by atoms with Gasteiger partial charge in [-0.05, 0) is 12.8 Å². The van der Waals surface area contributed by atoms with Crippen molar-refractivity contribution in [3.8, 4) is 0 Å². The molecule has 0 spiro atoms. The number of unbranched alkanes of at least 4 members (excludes halogenated alkanes) is 7. The highest BCUT2D eigenvalue weighted by Gasteiger charge is 2.30. The molecule has 0 amide bonds. The predicted octanol–water partition coefficient (Wildman–Crippen LogP) is 5.85. The lowest BCUT2D eigenvalue weighted by Gasteiger charge is -2.16. The van der Waals surface area contributed by atoms with Crippen LogP contribution in [0.15, 0.2) is 30.3 Å². The quantitative estimate of drug-likeness (QED) is 0.355. The van der Waals surface area contributed by atoms with Gasteiger partial charge in [-0.3, -0.25) is 4.79 Å². The molecule has 0 radical (unpaired) electrons. The fraction of sp³-hybridized carbons (Fsp3) is 0.632. The molecule has 0 N–H and O–H groups in total. The largest absolute Gasteiger partial charge is 0.469 e. The average molecular weight is 326 g/mol. The highest BCUT2D eigenvalue weighted by molar-refractivity contribution is 5.68. The van der Waals surface area contributed by atoms with Crippen LogP contribution in [0.2, 0.25) is 0 Å². The van der Waals surface area contributed by atoms with Gasteiger partial charge in [0.2, 0.25) is 0 Å². The Hall–Kier alpha value is -1.45. The Morgan fingerprint density at radius 3 is 2.00 bits per heavy atom. The van der Waals surface area contributed by atoms with Gasteiger partial charge in [-0.25, -0.2) is 8.78 Å². The zero-order valence-corrected chi connectivity index (χ0v) is 14.0. The van der Waals surface area contributed by atoms with Crippen molar-refractivity contribution in [2.45, 2.75) is 70.1 Å². The minimum atomic E-state index is -2.71. The third-order valence-corrected chi connectivity index (χ3v) is 4.05. The van der Waals surface area contributed by atoms with Crippen LogP contribution in [0.3, 0.4) is 0 Å². The first kappa shape index (κ1) is 19.6. The number of esters is 1. The number of ether oxygens (including phenoxy) is 1. The van der Waals surface area contributed by atoms with Crippen molar-refractivity contribution in [1.29, 1.82) is 0 Å². The molecule has 130 valence electrons. The van der Waals surface area contributed by atoms with Crippen LogP contribution in [0.5, 0.6) is 0 Å². The fourth-order valence-electron chi connectivity index (χ4n) is 2.61. The van der Waals surface area contributed by atoms with E-state index in [1.54, 1.807) is 18.2 Å². The number of halogens is 2. The van der Waals surface area contributed by atoms with E-state index in [2.05, 4.69) is 4.74 Å². The van der Waals surface area contributed by atoms with Gasteiger partial charge in [0.05, 0.1) is 7.11 Å². The number of benzene rings is 1. The molecule has 0 heterocycles. The van der Waals surface area contributed by atoms with E-state index in [-0.39, 0.29) is 18.0 Å². The summed E-state index contributed by atoms with van der Waals surface area (Å²) in [4.78, 5) is 10.9. The molecule has 2 nitrogen and oxygen atoms in total. The third kappa shape index (κ3) is 8.68. The van der Waals surface area contributed by atoms with Crippen molar-refractivity contribution < 1.29 is 18.3 Å². The maximum Gasteiger partial charge on any atom is 0.305 e. The second kappa shape index (κ2) is 11.1. The molecule has 0 aromatic heterocycles. The molecule has 0 saturated heterocycles. The lowest BCUT2D eigenvalue weighted by molar-refractivity contribution is -0.140. The number of carbonyl (C=O) groups is 1. The van der Waals surface area contributed by atoms with Crippen LogP contribution in [0.25, 0.3) is 0 Å². The minimum Gasteiger partial charge on any atom is -0.469 e. The lowest BCUT2D eigenvalue weighted by Crippen LogP contribution is -2.12. The van der Waals surface area contributed by atoms with Crippen LogP contribution < -0.4 is 0 Å². The number of methoxy groups -OCH3 is 1. The number of alkyl halides is 2. The SMILES string of the molecule is COC(=O)CCCCCCCCCCC(F)(F)c1ccccc1. The topological polar surface area (TPSA) is 26.3 Å². The van der Waals surface area contributed by atoms with Gasteiger partial charge in [0.1, 0.15) is 0 Å². The summed E-state index contributed by atoms with van der Waals surface area (Å²) in [6, 6.07) is 8.06. The molecule has 0 aliphatic carbocycles. The first-order chi connectivity index (χ1) is 11.1. The van der Waals surface area contributed by atoms with Crippen molar-refractivity contribution in [2.75, 3.05) is 7.11 Å². The van der Waals surface area contributed by atoms with Crippen LogP contribution >= 0.6 is 0 Å². The summed E-state index contributed by atoms with van der Waals surface area (Å²) in [6.45, 7) is 0. The zero-order valence-electron chi connectivity index (χ0n) is 14.0. The Balaban J connectivity index is 1.98. The summed E-state index contributed by atoms with van der Waals surface area (Å²) in [5.74, 6) is -2.86. The molecular formula is C19H28F2O2. The molecule has 0 atom stereocenters. The predicted molar refractivity (Wildman–Crippen MR) is 88.5 cm³/mol. The fourth-order valence-corrected chi connectivity index (χ4v) is 2.61. The van der Waals surface area contributed by atoms with Crippen LogP contribution in [-0.4, -0.2) is 13.1 Å². The van der Waals surface area contributed by atoms with Gasteiger partial charge >= 0.3 is 5.97 Å². The summed E-state index contributed by atoms with van der Waals surface area (Å²) in [6.07, 6.45) is 8.01. The Morgan fingerprint density at radius 1 is 0.913 bits per heavy atom. The van der Waals surface area contributed by atoms with Crippen molar-refractivity contribution >= 4 is 5.97 Å². The van der Waals surface area contributed by atoms with E-state index in [0.717, 1.165) is 44.9 Å². The van der Waals surface area contributed by atoms with Gasteiger partial charge in [0.25, 0.3) is 5.92 Å². The van der Waals surface area contributed by atoms with E-state index in [0.29, 0.717) is 12.8 Å². The third-order valence-electron chi connectivity index (χ3n) is 4.05. The van der Waals surface area contributed by atoms with E-state index in [1.807, 2.05) is 0 Å². The lowest BCUT2D eigenvalue weighted by atomic mass is 10.0. The Morgan fingerprint density at radius 2 is 1.43 bits per heavy atom. The molecule has 0 bridgehead atoms. The molecule has 1 aromatic rings. The molecule has 0 saturated carbocycles. The van der Waals surface area contributed by atoms with Gasteiger partial charge in [-0.1, -0.05) is 68.9 Å². The summed E-state index contributed by atoms with van der Waals surface area (Å²) in [7, 11) is 1.41. The van der Waals surface area contributed by atoms with Crippen molar-refractivity contribution in [1.82, 2.24) is 0 Å². The number of rotatable bonds is 12.